The lowest BCUT2D eigenvalue weighted by molar-refractivity contribution is -0.158. The molecular weight excluding hydrogens is 176 g/mol. The maximum absolute atomic E-state index is 11.0. The second kappa shape index (κ2) is 4.13. The van der Waals surface area contributed by atoms with Gasteiger partial charge in [-0.25, -0.2) is 0 Å². The lowest BCUT2D eigenvalue weighted by atomic mass is 10.3. The van der Waals surface area contributed by atoms with Crippen LogP contribution in [-0.4, -0.2) is 35.4 Å². The Hall–Kier alpha value is -1.23. The van der Waals surface area contributed by atoms with Crippen molar-refractivity contribution in [3.8, 4) is 0 Å². The van der Waals surface area contributed by atoms with Crippen LogP contribution < -0.4 is 0 Å². The number of carbonyl (C=O) groups excluding carboxylic acids is 3. The Kier molecular flexibility index (Phi) is 3.13. The van der Waals surface area contributed by atoms with E-state index in [0.29, 0.717) is 0 Å². The zero-order valence-electron chi connectivity index (χ0n) is 6.99. The average Bonchev–Trinajstić information content (AvgIpc) is 2.36. The number of aliphatic hydroxyl groups excluding tert-OH is 1. The molecule has 1 aliphatic rings. The first-order valence-electron chi connectivity index (χ1n) is 4.01. The number of rotatable bonds is 3. The van der Waals surface area contributed by atoms with E-state index in [1.54, 1.807) is 0 Å². The molecule has 0 aliphatic heterocycles. The summed E-state index contributed by atoms with van der Waals surface area (Å²) in [6.07, 6.45) is -1.10. The molecule has 0 aromatic rings. The zero-order chi connectivity index (χ0) is 9.84. The number of carbonyl (C=O) groups is 3. The second-order valence-electron chi connectivity index (χ2n) is 2.78. The van der Waals surface area contributed by atoms with Gasteiger partial charge in [0.25, 0.3) is 0 Å². The van der Waals surface area contributed by atoms with Gasteiger partial charge in [-0.15, -0.1) is 0 Å². The van der Waals surface area contributed by atoms with E-state index in [0.717, 1.165) is 0 Å². The summed E-state index contributed by atoms with van der Waals surface area (Å²) in [7, 11) is 0. The lowest BCUT2D eigenvalue weighted by Crippen LogP contribution is -2.28. The van der Waals surface area contributed by atoms with Gasteiger partial charge in [0.1, 0.15) is 0 Å². The highest BCUT2D eigenvalue weighted by Gasteiger charge is 2.35. The highest BCUT2D eigenvalue weighted by Crippen LogP contribution is 2.14. The molecule has 0 radical (unpaired) electrons. The van der Waals surface area contributed by atoms with Crippen molar-refractivity contribution < 1.29 is 24.2 Å². The molecule has 1 N–H and O–H groups in total. The molecule has 1 saturated carbocycles. The average molecular weight is 186 g/mol. The number of hydrogen-bond donors (Lipinski definition) is 1. The van der Waals surface area contributed by atoms with Gasteiger partial charge in [-0.2, -0.15) is 0 Å². The van der Waals surface area contributed by atoms with Crippen LogP contribution in [0.4, 0.5) is 0 Å². The monoisotopic (exact) mass is 186 g/mol. The molecule has 0 unspecified atom stereocenters. The van der Waals surface area contributed by atoms with Crippen molar-refractivity contribution in [3.63, 3.8) is 0 Å². The van der Waals surface area contributed by atoms with E-state index in [1.807, 2.05) is 0 Å². The van der Waals surface area contributed by atoms with Crippen LogP contribution in [0.5, 0.6) is 0 Å². The summed E-state index contributed by atoms with van der Waals surface area (Å²) in [4.78, 5) is 32.7. The summed E-state index contributed by atoms with van der Waals surface area (Å²) >= 11 is 0. The normalized spacial score (nSPS) is 17.9. The number of aliphatic hydroxyl groups is 1. The topological polar surface area (TPSA) is 80.7 Å². The predicted molar refractivity (Wildman–Crippen MR) is 40.8 cm³/mol. The van der Waals surface area contributed by atoms with Crippen LogP contribution in [0.3, 0.4) is 0 Å². The first kappa shape index (κ1) is 9.85. The minimum absolute atomic E-state index is 0.149. The Labute approximate surface area is 74.7 Å². The van der Waals surface area contributed by atoms with Crippen molar-refractivity contribution in [2.24, 2.45) is 0 Å². The maximum atomic E-state index is 11.0. The van der Waals surface area contributed by atoms with Gasteiger partial charge in [-0.1, -0.05) is 0 Å². The fourth-order valence-corrected chi connectivity index (χ4v) is 1.10. The van der Waals surface area contributed by atoms with Gasteiger partial charge in [-0.3, -0.25) is 14.4 Å². The van der Waals surface area contributed by atoms with Crippen LogP contribution in [0.25, 0.3) is 0 Å². The van der Waals surface area contributed by atoms with E-state index in [1.165, 1.54) is 0 Å². The minimum atomic E-state index is -1.21. The Bertz CT molecular complexity index is 229. The van der Waals surface area contributed by atoms with E-state index in [-0.39, 0.29) is 37.4 Å². The highest BCUT2D eigenvalue weighted by molar-refractivity contribution is 6.12. The van der Waals surface area contributed by atoms with Gasteiger partial charge in [0.2, 0.25) is 6.10 Å². The van der Waals surface area contributed by atoms with Crippen LogP contribution in [0.1, 0.15) is 19.3 Å². The van der Waals surface area contributed by atoms with E-state index in [4.69, 9.17) is 5.11 Å². The third kappa shape index (κ3) is 2.35. The molecule has 0 spiro atoms. The van der Waals surface area contributed by atoms with Gasteiger partial charge in [0.05, 0.1) is 13.0 Å². The van der Waals surface area contributed by atoms with Crippen LogP contribution in [0, 0.1) is 0 Å². The number of Topliss-reactive ketones (excluding diaryl/α,β-unsaturated/α-hetero) is 2. The summed E-state index contributed by atoms with van der Waals surface area (Å²) in [6.45, 7) is -0.339. The van der Waals surface area contributed by atoms with E-state index >= 15 is 0 Å². The first-order valence-corrected chi connectivity index (χ1v) is 4.01. The van der Waals surface area contributed by atoms with Gasteiger partial charge in [-0.05, 0) is 0 Å². The smallest absolute Gasteiger partial charge is 0.309 e. The number of hydrogen-bond acceptors (Lipinski definition) is 5. The second-order valence-corrected chi connectivity index (χ2v) is 2.78. The van der Waals surface area contributed by atoms with Gasteiger partial charge >= 0.3 is 5.97 Å². The molecule has 5 nitrogen and oxygen atoms in total. The maximum Gasteiger partial charge on any atom is 0.309 e. The largest absolute Gasteiger partial charge is 0.446 e. The molecule has 0 aromatic carbocycles. The predicted octanol–water partition coefficient (Wildman–Crippen LogP) is -0.787. The van der Waals surface area contributed by atoms with Crippen LogP contribution in [0.2, 0.25) is 0 Å². The molecule has 0 saturated heterocycles. The minimum Gasteiger partial charge on any atom is -0.446 e. The molecule has 1 fully saturated rings. The molecule has 0 amide bonds. The molecule has 72 valence electrons. The Morgan fingerprint density at radius 2 is 1.92 bits per heavy atom. The van der Waals surface area contributed by atoms with E-state index in [2.05, 4.69) is 4.74 Å². The van der Waals surface area contributed by atoms with Crippen molar-refractivity contribution in [2.75, 3.05) is 6.61 Å². The van der Waals surface area contributed by atoms with Crippen molar-refractivity contribution in [1.82, 2.24) is 0 Å². The third-order valence-electron chi connectivity index (χ3n) is 1.77. The van der Waals surface area contributed by atoms with Gasteiger partial charge in [0, 0.05) is 12.8 Å². The van der Waals surface area contributed by atoms with Crippen molar-refractivity contribution in [1.29, 1.82) is 0 Å². The zero-order valence-corrected chi connectivity index (χ0v) is 6.99. The molecule has 1 aliphatic carbocycles. The molecule has 5 heteroatoms. The summed E-state index contributed by atoms with van der Waals surface area (Å²) < 4.78 is 4.58. The molecule has 0 heterocycles. The summed E-state index contributed by atoms with van der Waals surface area (Å²) in [5, 5.41) is 8.37. The number of esters is 1. The quantitative estimate of drug-likeness (QED) is 0.461. The molecule has 13 heavy (non-hydrogen) atoms. The fraction of sp³-hybridized carbons (Fsp3) is 0.625. The summed E-state index contributed by atoms with van der Waals surface area (Å²) in [5.74, 6) is -1.41. The van der Waals surface area contributed by atoms with Crippen LogP contribution in [-0.2, 0) is 19.1 Å². The SMILES string of the molecule is O=C(CCO)OC1C(=O)CCC1=O. The summed E-state index contributed by atoms with van der Waals surface area (Å²) in [5.41, 5.74) is 0. The molecular formula is C8H10O5. The van der Waals surface area contributed by atoms with Crippen LogP contribution >= 0.6 is 0 Å². The lowest BCUT2D eigenvalue weighted by Gasteiger charge is -2.07. The van der Waals surface area contributed by atoms with Crippen molar-refractivity contribution in [2.45, 2.75) is 25.4 Å². The molecule has 0 bridgehead atoms. The fourth-order valence-electron chi connectivity index (χ4n) is 1.10. The molecule has 0 atom stereocenters. The molecule has 0 aromatic heterocycles. The van der Waals surface area contributed by atoms with E-state index < -0.39 is 12.1 Å². The number of ether oxygens (including phenoxy) is 1. The first-order chi connectivity index (χ1) is 6.15. The Morgan fingerprint density at radius 3 is 2.38 bits per heavy atom. The third-order valence-corrected chi connectivity index (χ3v) is 1.77. The Morgan fingerprint density at radius 1 is 1.38 bits per heavy atom. The Balaban J connectivity index is 2.48. The highest BCUT2D eigenvalue weighted by atomic mass is 16.6. The van der Waals surface area contributed by atoms with Crippen molar-refractivity contribution in [3.05, 3.63) is 0 Å². The standard InChI is InChI=1S/C8H10O5/c9-4-3-7(12)13-8-5(10)1-2-6(8)11/h8-9H,1-4H2. The summed E-state index contributed by atoms with van der Waals surface area (Å²) in [6, 6.07) is 0. The molecule has 1 rings (SSSR count). The van der Waals surface area contributed by atoms with Crippen molar-refractivity contribution >= 4 is 17.5 Å². The van der Waals surface area contributed by atoms with Gasteiger partial charge < -0.3 is 9.84 Å². The van der Waals surface area contributed by atoms with E-state index in [9.17, 15) is 14.4 Å². The van der Waals surface area contributed by atoms with Crippen LogP contribution in [0.15, 0.2) is 0 Å². The van der Waals surface area contributed by atoms with Gasteiger partial charge in [0.15, 0.2) is 11.6 Å². The number of ketones is 2.